The molecule has 1 rings (SSSR count). The van der Waals surface area contributed by atoms with Crippen LogP contribution >= 0.6 is 0 Å². The number of halogens is 3. The third-order valence-corrected chi connectivity index (χ3v) is 1.77. The fourth-order valence-electron chi connectivity index (χ4n) is 1.08. The highest BCUT2D eigenvalue weighted by atomic mass is 19.4. The average Bonchev–Trinajstić information content (AvgIpc) is 2.18. The minimum atomic E-state index is -5.10. The number of aromatic nitrogens is 1. The minimum absolute atomic E-state index is 0.336. The second kappa shape index (κ2) is 4.45. The SMILES string of the molecule is NCc1[nH]cc(C(=O)O)c(=O)c1OC(F)(F)F. The molecule has 1 aromatic rings. The Balaban J connectivity index is 3.38. The number of aromatic amines is 1. The van der Waals surface area contributed by atoms with Crippen LogP contribution in [0.15, 0.2) is 11.0 Å². The number of alkyl halides is 3. The second-order valence-electron chi connectivity index (χ2n) is 2.90. The normalized spacial score (nSPS) is 11.3. The Morgan fingerprint density at radius 2 is 2.12 bits per heavy atom. The van der Waals surface area contributed by atoms with Gasteiger partial charge in [-0.2, -0.15) is 0 Å². The summed E-state index contributed by atoms with van der Waals surface area (Å²) in [5, 5.41) is 8.56. The van der Waals surface area contributed by atoms with Crippen LogP contribution in [0.5, 0.6) is 5.75 Å². The fourth-order valence-corrected chi connectivity index (χ4v) is 1.08. The van der Waals surface area contributed by atoms with Gasteiger partial charge in [-0.15, -0.1) is 13.2 Å². The van der Waals surface area contributed by atoms with Crippen molar-refractivity contribution in [2.75, 3.05) is 0 Å². The van der Waals surface area contributed by atoms with Crippen molar-refractivity contribution in [2.24, 2.45) is 5.73 Å². The molecule has 0 saturated heterocycles. The molecule has 1 aromatic heterocycles. The molecule has 0 saturated carbocycles. The van der Waals surface area contributed by atoms with Crippen molar-refractivity contribution in [3.63, 3.8) is 0 Å². The van der Waals surface area contributed by atoms with Crippen LogP contribution < -0.4 is 15.9 Å². The van der Waals surface area contributed by atoms with Gasteiger partial charge >= 0.3 is 12.3 Å². The van der Waals surface area contributed by atoms with Crippen molar-refractivity contribution in [2.45, 2.75) is 12.9 Å². The van der Waals surface area contributed by atoms with Gasteiger partial charge in [0.05, 0.1) is 5.69 Å². The molecule has 0 aliphatic rings. The third-order valence-electron chi connectivity index (χ3n) is 1.77. The van der Waals surface area contributed by atoms with Crippen LogP contribution in [0.3, 0.4) is 0 Å². The molecule has 6 nitrogen and oxygen atoms in total. The smallest absolute Gasteiger partial charge is 0.477 e. The van der Waals surface area contributed by atoms with E-state index in [1.165, 1.54) is 0 Å². The van der Waals surface area contributed by atoms with Crippen LogP contribution in [0.4, 0.5) is 13.2 Å². The summed E-state index contributed by atoms with van der Waals surface area (Å²) in [5.74, 6) is -2.82. The number of hydrogen-bond acceptors (Lipinski definition) is 4. The van der Waals surface area contributed by atoms with Gasteiger partial charge in [0.15, 0.2) is 5.75 Å². The maximum absolute atomic E-state index is 12.0. The zero-order valence-corrected chi connectivity index (χ0v) is 8.17. The molecule has 0 amide bonds. The van der Waals surface area contributed by atoms with Gasteiger partial charge < -0.3 is 20.6 Å². The standard InChI is InChI=1S/C8H7F3N2O4/c9-8(10,11)17-6-4(1-12)13-2-3(5(6)14)7(15)16/h2H,1,12H2,(H,13,14)(H,15,16). The number of carbonyl (C=O) groups is 1. The average molecular weight is 252 g/mol. The molecular formula is C8H7F3N2O4. The van der Waals surface area contributed by atoms with Crippen LogP contribution in [-0.4, -0.2) is 22.4 Å². The predicted octanol–water partition coefficient (Wildman–Crippen LogP) is 0.430. The van der Waals surface area contributed by atoms with Crippen LogP contribution in [0, 0.1) is 0 Å². The monoisotopic (exact) mass is 252 g/mol. The number of carboxylic acids is 1. The summed E-state index contributed by atoms with van der Waals surface area (Å²) in [6.07, 6.45) is -4.34. The first-order valence-corrected chi connectivity index (χ1v) is 4.20. The van der Waals surface area contributed by atoms with E-state index in [4.69, 9.17) is 10.8 Å². The molecule has 0 aliphatic heterocycles. The minimum Gasteiger partial charge on any atom is -0.477 e. The lowest BCUT2D eigenvalue weighted by Gasteiger charge is -2.11. The second-order valence-corrected chi connectivity index (χ2v) is 2.90. The Morgan fingerprint density at radius 1 is 1.53 bits per heavy atom. The molecule has 94 valence electrons. The van der Waals surface area contributed by atoms with E-state index in [1.807, 2.05) is 0 Å². The highest BCUT2D eigenvalue weighted by Crippen LogP contribution is 2.22. The van der Waals surface area contributed by atoms with Crippen LogP contribution in [-0.2, 0) is 6.54 Å². The zero-order valence-electron chi connectivity index (χ0n) is 8.17. The van der Waals surface area contributed by atoms with Gasteiger partial charge in [-0.3, -0.25) is 4.79 Å². The van der Waals surface area contributed by atoms with Crippen molar-refractivity contribution in [3.05, 3.63) is 27.7 Å². The number of nitrogens with two attached hydrogens (primary N) is 1. The highest BCUT2D eigenvalue weighted by Gasteiger charge is 2.34. The molecule has 0 atom stereocenters. The first-order chi connectivity index (χ1) is 7.76. The largest absolute Gasteiger partial charge is 0.573 e. The van der Waals surface area contributed by atoms with Crippen LogP contribution in [0.2, 0.25) is 0 Å². The molecular weight excluding hydrogens is 245 g/mol. The Kier molecular flexibility index (Phi) is 3.42. The predicted molar refractivity (Wildman–Crippen MR) is 48.6 cm³/mol. The molecule has 1 heterocycles. The van der Waals surface area contributed by atoms with E-state index in [1.54, 1.807) is 0 Å². The Bertz CT molecular complexity index is 495. The van der Waals surface area contributed by atoms with Crippen molar-refractivity contribution in [1.29, 1.82) is 0 Å². The molecule has 0 fully saturated rings. The van der Waals surface area contributed by atoms with E-state index >= 15 is 0 Å². The van der Waals surface area contributed by atoms with E-state index in [9.17, 15) is 22.8 Å². The number of pyridine rings is 1. The highest BCUT2D eigenvalue weighted by molar-refractivity contribution is 5.87. The zero-order chi connectivity index (χ0) is 13.2. The van der Waals surface area contributed by atoms with E-state index in [0.29, 0.717) is 0 Å². The molecule has 17 heavy (non-hydrogen) atoms. The van der Waals surface area contributed by atoms with Gasteiger partial charge in [0.25, 0.3) is 0 Å². The van der Waals surface area contributed by atoms with E-state index < -0.39 is 35.6 Å². The van der Waals surface area contributed by atoms with Crippen LogP contribution in [0.25, 0.3) is 0 Å². The van der Waals surface area contributed by atoms with Crippen molar-refractivity contribution >= 4 is 5.97 Å². The maximum atomic E-state index is 12.0. The lowest BCUT2D eigenvalue weighted by molar-refractivity contribution is -0.275. The number of hydrogen-bond donors (Lipinski definition) is 3. The number of carboxylic acid groups (broad SMARTS) is 1. The number of ether oxygens (including phenoxy) is 1. The number of H-pyrrole nitrogens is 1. The van der Waals surface area contributed by atoms with Gasteiger partial charge in [0, 0.05) is 12.7 Å². The lowest BCUT2D eigenvalue weighted by atomic mass is 10.2. The molecule has 0 aliphatic carbocycles. The quantitative estimate of drug-likeness (QED) is 0.723. The molecule has 0 unspecified atom stereocenters. The van der Waals surface area contributed by atoms with Crippen molar-refractivity contribution < 1.29 is 27.8 Å². The summed E-state index contributed by atoms with van der Waals surface area (Å²) in [5.41, 5.74) is 2.52. The molecule has 4 N–H and O–H groups in total. The van der Waals surface area contributed by atoms with Gasteiger partial charge in [-0.1, -0.05) is 0 Å². The topological polar surface area (TPSA) is 105 Å². The number of aromatic carboxylic acids is 1. The van der Waals surface area contributed by atoms with Crippen molar-refractivity contribution in [1.82, 2.24) is 4.98 Å². The molecule has 9 heteroatoms. The van der Waals surface area contributed by atoms with Gasteiger partial charge in [-0.25, -0.2) is 4.79 Å². The number of rotatable bonds is 3. The molecule has 0 bridgehead atoms. The summed E-state index contributed by atoms with van der Waals surface area (Å²) in [7, 11) is 0. The maximum Gasteiger partial charge on any atom is 0.573 e. The third kappa shape index (κ3) is 2.97. The lowest BCUT2D eigenvalue weighted by Crippen LogP contribution is -2.27. The Hall–Kier alpha value is -2.03. The van der Waals surface area contributed by atoms with E-state index in [-0.39, 0.29) is 5.69 Å². The van der Waals surface area contributed by atoms with Crippen LogP contribution in [0.1, 0.15) is 16.1 Å². The summed E-state index contributed by atoms with van der Waals surface area (Å²) >= 11 is 0. The first-order valence-electron chi connectivity index (χ1n) is 4.20. The molecule has 0 radical (unpaired) electrons. The Labute approximate surface area is 91.8 Å². The van der Waals surface area contributed by atoms with Crippen molar-refractivity contribution in [3.8, 4) is 5.75 Å². The summed E-state index contributed by atoms with van der Waals surface area (Å²) in [6, 6.07) is 0. The Morgan fingerprint density at radius 3 is 2.53 bits per heavy atom. The first kappa shape index (κ1) is 13.0. The van der Waals surface area contributed by atoms with Gasteiger partial charge in [0.1, 0.15) is 5.56 Å². The molecule has 0 spiro atoms. The summed E-state index contributed by atoms with van der Waals surface area (Å²) in [4.78, 5) is 24.1. The van der Waals surface area contributed by atoms with E-state index in [2.05, 4.69) is 9.72 Å². The van der Waals surface area contributed by atoms with E-state index in [0.717, 1.165) is 6.20 Å². The fraction of sp³-hybridized carbons (Fsp3) is 0.250. The van der Waals surface area contributed by atoms with Gasteiger partial charge in [0.2, 0.25) is 5.43 Å². The number of nitrogens with one attached hydrogen (secondary N) is 1. The summed E-state index contributed by atoms with van der Waals surface area (Å²) in [6.45, 7) is -0.430. The van der Waals surface area contributed by atoms with Gasteiger partial charge in [-0.05, 0) is 0 Å². The summed E-state index contributed by atoms with van der Waals surface area (Å²) < 4.78 is 39.5. The molecule has 0 aromatic carbocycles.